The molecule has 2 aromatic rings. The monoisotopic (exact) mass is 218 g/mol. The van der Waals surface area contributed by atoms with Crippen LogP contribution in [0.1, 0.15) is 12.8 Å². The van der Waals surface area contributed by atoms with Crippen molar-refractivity contribution in [3.63, 3.8) is 0 Å². The van der Waals surface area contributed by atoms with E-state index in [1.54, 1.807) is 6.26 Å². The highest BCUT2D eigenvalue weighted by molar-refractivity contribution is 5.90. The summed E-state index contributed by atoms with van der Waals surface area (Å²) in [5.74, 6) is 0. The molecule has 1 aromatic heterocycles. The molecule has 1 heterocycles. The van der Waals surface area contributed by atoms with Crippen LogP contribution in [0.4, 0.5) is 5.69 Å². The van der Waals surface area contributed by atoms with Gasteiger partial charge in [-0.25, -0.2) is 0 Å². The zero-order valence-corrected chi connectivity index (χ0v) is 9.62. The maximum Gasteiger partial charge on any atom is 0.136 e. The van der Waals surface area contributed by atoms with Gasteiger partial charge in [-0.15, -0.1) is 0 Å². The van der Waals surface area contributed by atoms with Crippen LogP contribution in [0.25, 0.3) is 11.0 Å². The Morgan fingerprint density at radius 2 is 1.94 bits per heavy atom. The first kappa shape index (κ1) is 11.0. The lowest BCUT2D eigenvalue weighted by molar-refractivity contribution is 0.616. The average Bonchev–Trinajstić information content (AvgIpc) is 2.73. The molecule has 0 aliphatic heterocycles. The minimum atomic E-state index is 0.945. The predicted molar refractivity (Wildman–Crippen MR) is 67.9 cm³/mol. The van der Waals surface area contributed by atoms with Crippen molar-refractivity contribution in [2.75, 3.05) is 25.5 Å². The van der Waals surface area contributed by atoms with Gasteiger partial charge in [0.05, 0.1) is 5.69 Å². The molecule has 0 radical (unpaired) electrons. The van der Waals surface area contributed by atoms with Crippen molar-refractivity contribution in [1.82, 2.24) is 5.32 Å². The molecule has 2 N–H and O–H groups in total. The van der Waals surface area contributed by atoms with Crippen molar-refractivity contribution >= 4 is 16.7 Å². The molecule has 16 heavy (non-hydrogen) atoms. The number of hydrogen-bond donors (Lipinski definition) is 2. The number of hydrogen-bond acceptors (Lipinski definition) is 3. The van der Waals surface area contributed by atoms with Crippen molar-refractivity contribution in [3.8, 4) is 0 Å². The molecule has 0 fully saturated rings. The third-order valence-corrected chi connectivity index (χ3v) is 2.65. The van der Waals surface area contributed by atoms with Crippen molar-refractivity contribution in [2.24, 2.45) is 0 Å². The van der Waals surface area contributed by atoms with E-state index in [0.717, 1.165) is 29.7 Å². The third-order valence-electron chi connectivity index (χ3n) is 2.65. The fourth-order valence-corrected chi connectivity index (χ4v) is 1.76. The molecule has 3 heteroatoms. The van der Waals surface area contributed by atoms with Gasteiger partial charge in [0, 0.05) is 11.9 Å². The van der Waals surface area contributed by atoms with Crippen LogP contribution in [0.2, 0.25) is 0 Å². The first-order valence-electron chi connectivity index (χ1n) is 5.76. The molecule has 0 aliphatic carbocycles. The summed E-state index contributed by atoms with van der Waals surface area (Å²) >= 11 is 0. The van der Waals surface area contributed by atoms with Gasteiger partial charge in [0.15, 0.2) is 0 Å². The zero-order valence-electron chi connectivity index (χ0n) is 9.62. The van der Waals surface area contributed by atoms with E-state index in [1.807, 2.05) is 25.2 Å². The van der Waals surface area contributed by atoms with Crippen LogP contribution < -0.4 is 10.6 Å². The van der Waals surface area contributed by atoms with Crippen molar-refractivity contribution in [2.45, 2.75) is 12.8 Å². The maximum absolute atomic E-state index is 5.45. The van der Waals surface area contributed by atoms with Gasteiger partial charge in [0.2, 0.25) is 0 Å². The second kappa shape index (κ2) is 5.56. The van der Waals surface area contributed by atoms with Crippen LogP contribution >= 0.6 is 0 Å². The Kier molecular flexibility index (Phi) is 3.83. The van der Waals surface area contributed by atoms with E-state index in [2.05, 4.69) is 16.7 Å². The highest BCUT2D eigenvalue weighted by Crippen LogP contribution is 2.24. The smallest absolute Gasteiger partial charge is 0.136 e. The van der Waals surface area contributed by atoms with Gasteiger partial charge in [-0.1, -0.05) is 12.1 Å². The molecular weight excluding hydrogens is 200 g/mol. The summed E-state index contributed by atoms with van der Waals surface area (Å²) in [7, 11) is 1.98. The molecule has 0 aliphatic rings. The van der Waals surface area contributed by atoms with E-state index in [1.165, 1.54) is 12.8 Å². The summed E-state index contributed by atoms with van der Waals surface area (Å²) < 4.78 is 5.45. The summed E-state index contributed by atoms with van der Waals surface area (Å²) in [4.78, 5) is 0. The molecule has 0 saturated heterocycles. The molecule has 0 unspecified atom stereocenters. The van der Waals surface area contributed by atoms with Gasteiger partial charge in [-0.05, 0) is 38.6 Å². The summed E-state index contributed by atoms with van der Waals surface area (Å²) in [6.07, 6.45) is 4.16. The highest BCUT2D eigenvalue weighted by atomic mass is 16.3. The van der Waals surface area contributed by atoms with Crippen LogP contribution in [-0.4, -0.2) is 20.1 Å². The number of furan rings is 1. The molecule has 3 nitrogen and oxygen atoms in total. The van der Waals surface area contributed by atoms with Gasteiger partial charge < -0.3 is 15.1 Å². The first-order valence-corrected chi connectivity index (χ1v) is 5.76. The van der Waals surface area contributed by atoms with Crippen molar-refractivity contribution in [3.05, 3.63) is 30.5 Å². The Hall–Kier alpha value is -1.48. The minimum Gasteiger partial charge on any atom is -0.462 e. The van der Waals surface area contributed by atoms with Crippen LogP contribution in [0.3, 0.4) is 0 Å². The van der Waals surface area contributed by atoms with E-state index in [0.29, 0.717) is 0 Å². The second-order valence-corrected chi connectivity index (χ2v) is 3.88. The SMILES string of the molecule is CNCCCCNc1coc2ccccc12. The zero-order chi connectivity index (χ0) is 11.2. The Balaban J connectivity index is 1.89. The number of unbranched alkanes of at least 4 members (excludes halogenated alkanes) is 1. The Labute approximate surface area is 95.8 Å². The normalized spacial score (nSPS) is 10.8. The van der Waals surface area contributed by atoms with E-state index >= 15 is 0 Å². The quantitative estimate of drug-likeness (QED) is 0.732. The topological polar surface area (TPSA) is 37.2 Å². The van der Waals surface area contributed by atoms with E-state index in [9.17, 15) is 0 Å². The lowest BCUT2D eigenvalue weighted by atomic mass is 10.2. The number of rotatable bonds is 6. The predicted octanol–water partition coefficient (Wildman–Crippen LogP) is 2.84. The second-order valence-electron chi connectivity index (χ2n) is 3.88. The number of fused-ring (bicyclic) bond motifs is 1. The number of anilines is 1. The number of nitrogens with one attached hydrogen (secondary N) is 2. The molecule has 86 valence electrons. The molecular formula is C13H18N2O. The fraction of sp³-hybridized carbons (Fsp3) is 0.385. The van der Waals surface area contributed by atoms with Crippen LogP contribution in [0.5, 0.6) is 0 Å². The van der Waals surface area contributed by atoms with Crippen LogP contribution in [0.15, 0.2) is 34.9 Å². The Morgan fingerprint density at radius 1 is 1.12 bits per heavy atom. The molecule has 1 aromatic carbocycles. The molecule has 0 atom stereocenters. The standard InChI is InChI=1S/C13H18N2O/c1-14-8-4-5-9-15-12-10-16-13-7-3-2-6-11(12)13/h2-3,6-7,10,14-15H,4-5,8-9H2,1H3. The highest BCUT2D eigenvalue weighted by Gasteiger charge is 2.02. The number of para-hydroxylation sites is 1. The molecule has 0 spiro atoms. The van der Waals surface area contributed by atoms with Gasteiger partial charge in [0.1, 0.15) is 11.8 Å². The first-order chi connectivity index (χ1) is 7.92. The molecule has 2 rings (SSSR count). The van der Waals surface area contributed by atoms with Gasteiger partial charge in [0.25, 0.3) is 0 Å². The molecule has 0 amide bonds. The molecule has 0 saturated carbocycles. The van der Waals surface area contributed by atoms with E-state index < -0.39 is 0 Å². The van der Waals surface area contributed by atoms with Gasteiger partial charge in [-0.2, -0.15) is 0 Å². The summed E-state index contributed by atoms with van der Waals surface area (Å²) in [6.45, 7) is 2.07. The van der Waals surface area contributed by atoms with Gasteiger partial charge in [-0.3, -0.25) is 0 Å². The Bertz CT molecular complexity index is 436. The molecule has 0 bridgehead atoms. The fourth-order valence-electron chi connectivity index (χ4n) is 1.76. The lowest BCUT2D eigenvalue weighted by Crippen LogP contribution is -2.09. The summed E-state index contributed by atoms with van der Waals surface area (Å²) in [5, 5.41) is 7.71. The summed E-state index contributed by atoms with van der Waals surface area (Å²) in [6, 6.07) is 8.09. The van der Waals surface area contributed by atoms with Crippen molar-refractivity contribution < 1.29 is 4.42 Å². The minimum absolute atomic E-state index is 0.945. The average molecular weight is 218 g/mol. The van der Waals surface area contributed by atoms with Crippen LogP contribution in [0, 0.1) is 0 Å². The Morgan fingerprint density at radius 3 is 2.81 bits per heavy atom. The van der Waals surface area contributed by atoms with Crippen molar-refractivity contribution in [1.29, 1.82) is 0 Å². The van der Waals surface area contributed by atoms with E-state index in [-0.39, 0.29) is 0 Å². The number of benzene rings is 1. The summed E-state index contributed by atoms with van der Waals surface area (Å²) in [5.41, 5.74) is 2.04. The third kappa shape index (κ3) is 2.55. The maximum atomic E-state index is 5.45. The van der Waals surface area contributed by atoms with Crippen LogP contribution in [-0.2, 0) is 0 Å². The largest absolute Gasteiger partial charge is 0.462 e. The van der Waals surface area contributed by atoms with E-state index in [4.69, 9.17) is 4.42 Å². The lowest BCUT2D eigenvalue weighted by Gasteiger charge is -2.03. The van der Waals surface area contributed by atoms with Gasteiger partial charge >= 0.3 is 0 Å².